The first-order valence-electron chi connectivity index (χ1n) is 6.20. The summed E-state index contributed by atoms with van der Waals surface area (Å²) >= 11 is 0.831. The Labute approximate surface area is 125 Å². The number of aromatic nitrogens is 2. The second-order valence-corrected chi connectivity index (χ2v) is 5.28. The third kappa shape index (κ3) is 3.88. The maximum Gasteiger partial charge on any atom is 0.281 e. The quantitative estimate of drug-likeness (QED) is 0.580. The van der Waals surface area contributed by atoms with Crippen LogP contribution in [0.4, 0.5) is 5.88 Å². The third-order valence-corrected chi connectivity index (χ3v) is 3.32. The van der Waals surface area contributed by atoms with Crippen LogP contribution in [-0.2, 0) is 11.2 Å². The number of aryl methyl sites for hydroxylation is 1. The highest BCUT2D eigenvalue weighted by Crippen LogP contribution is 2.28. The molecule has 0 spiro atoms. The van der Waals surface area contributed by atoms with Gasteiger partial charge in [0.15, 0.2) is 5.88 Å². The summed E-state index contributed by atoms with van der Waals surface area (Å²) in [6, 6.07) is 3.41. The van der Waals surface area contributed by atoms with Gasteiger partial charge in [0.1, 0.15) is 5.76 Å². The maximum absolute atomic E-state index is 11.2. The molecule has 0 aliphatic carbocycles. The van der Waals surface area contributed by atoms with Crippen LogP contribution in [0.5, 0.6) is 0 Å². The fourth-order valence-corrected chi connectivity index (χ4v) is 2.10. The summed E-state index contributed by atoms with van der Waals surface area (Å²) in [4.78, 5) is 12.9. The first-order chi connectivity index (χ1) is 9.99. The smallest absolute Gasteiger partial charge is 0.281 e. The second-order valence-electron chi connectivity index (χ2n) is 4.28. The summed E-state index contributed by atoms with van der Waals surface area (Å²) in [5.74, 6) is 0.137. The van der Waals surface area contributed by atoms with Gasteiger partial charge in [-0.2, -0.15) is 0 Å². The summed E-state index contributed by atoms with van der Waals surface area (Å²) in [6.07, 6.45) is 1.95. The van der Waals surface area contributed by atoms with Gasteiger partial charge in [0.2, 0.25) is 5.89 Å². The minimum absolute atomic E-state index is 0.0686. The summed E-state index contributed by atoms with van der Waals surface area (Å²) < 4.78 is 10.7. The van der Waals surface area contributed by atoms with Crippen LogP contribution in [0.15, 0.2) is 31.1 Å². The minimum atomic E-state index is -1.33. The molecule has 0 aromatic carbocycles. The Bertz CT molecular complexity index is 660. The molecule has 2 aromatic heterocycles. The lowest BCUT2D eigenvalue weighted by Gasteiger charge is -2.06. The number of carbonyl (C=O) groups excluding carboxylic acids is 1. The van der Waals surface area contributed by atoms with E-state index in [1.807, 2.05) is 21.0 Å². The van der Waals surface area contributed by atoms with Crippen LogP contribution in [0.25, 0.3) is 6.08 Å². The zero-order valence-electron chi connectivity index (χ0n) is 11.8. The lowest BCUT2D eigenvalue weighted by molar-refractivity contribution is -0.298. The molecule has 2 aromatic rings. The highest BCUT2D eigenvalue weighted by atomic mass is 32.2. The van der Waals surface area contributed by atoms with E-state index < -0.39 is 5.97 Å². The fraction of sp³-hybridized carbons (Fsp3) is 0.308. The monoisotopic (exact) mass is 308 g/mol. The number of aliphatic carboxylic acids is 1. The van der Waals surface area contributed by atoms with Crippen LogP contribution in [-0.4, -0.2) is 30.3 Å². The third-order valence-electron chi connectivity index (χ3n) is 2.48. The van der Waals surface area contributed by atoms with E-state index in [9.17, 15) is 9.90 Å². The van der Waals surface area contributed by atoms with Crippen LogP contribution >= 0.6 is 11.8 Å². The number of thioether (sulfide) groups is 1. The number of hydrogen-bond donors (Lipinski definition) is 0. The molecule has 112 valence electrons. The van der Waals surface area contributed by atoms with E-state index in [-0.39, 0.29) is 10.1 Å². The van der Waals surface area contributed by atoms with Crippen molar-refractivity contribution >= 4 is 29.7 Å². The van der Waals surface area contributed by atoms with Crippen LogP contribution in [0, 0.1) is 0 Å². The van der Waals surface area contributed by atoms with Gasteiger partial charge >= 0.3 is 0 Å². The van der Waals surface area contributed by atoms with Crippen molar-refractivity contribution in [1.29, 1.82) is 0 Å². The Morgan fingerprint density at radius 1 is 1.38 bits per heavy atom. The predicted octanol–water partition coefficient (Wildman–Crippen LogP) is 1.17. The molecule has 0 amide bonds. The summed E-state index contributed by atoms with van der Waals surface area (Å²) in [7, 11) is 3.65. The van der Waals surface area contributed by atoms with Gasteiger partial charge in [0, 0.05) is 31.5 Å². The van der Waals surface area contributed by atoms with Crippen molar-refractivity contribution in [1.82, 2.24) is 10.2 Å². The first-order valence-corrected chi connectivity index (χ1v) is 7.01. The van der Waals surface area contributed by atoms with Gasteiger partial charge in [-0.05, 0) is 23.9 Å². The number of hydrogen-bond acceptors (Lipinski definition) is 8. The van der Waals surface area contributed by atoms with Gasteiger partial charge in [-0.1, -0.05) is 6.92 Å². The van der Waals surface area contributed by atoms with Gasteiger partial charge in [-0.3, -0.25) is 0 Å². The molecule has 0 saturated heterocycles. The largest absolute Gasteiger partial charge is 0.544 e. The highest BCUT2D eigenvalue weighted by molar-refractivity contribution is 8.03. The Morgan fingerprint density at radius 2 is 2.14 bits per heavy atom. The minimum Gasteiger partial charge on any atom is -0.544 e. The molecule has 7 nitrogen and oxygen atoms in total. The predicted molar refractivity (Wildman–Crippen MR) is 75.6 cm³/mol. The van der Waals surface area contributed by atoms with E-state index in [0.717, 1.165) is 11.8 Å². The molecule has 0 saturated carbocycles. The number of carbonyl (C=O) groups is 1. The van der Waals surface area contributed by atoms with E-state index >= 15 is 0 Å². The van der Waals surface area contributed by atoms with Crippen molar-refractivity contribution in [2.45, 2.75) is 18.6 Å². The molecule has 0 fully saturated rings. The second kappa shape index (κ2) is 6.49. The standard InChI is InChI=1S/C13H15N3O4S/c1-4-10-14-15-13(20-10)21-9(12(17)18)7-8-5-6-11(19-8)16(2)3/h5-7H,4H2,1-3H3,(H,17,18)/p-1/b9-7-. The zero-order chi connectivity index (χ0) is 15.4. The molecular weight excluding hydrogens is 294 g/mol. The molecule has 0 bridgehead atoms. The fourth-order valence-electron chi connectivity index (χ4n) is 1.44. The number of nitrogens with zero attached hydrogens (tertiary/aromatic N) is 3. The highest BCUT2D eigenvalue weighted by Gasteiger charge is 2.11. The van der Waals surface area contributed by atoms with Gasteiger partial charge in [0.05, 0.1) is 5.97 Å². The molecular formula is C13H14N3O4S-. The van der Waals surface area contributed by atoms with Crippen molar-refractivity contribution in [3.8, 4) is 0 Å². The summed E-state index contributed by atoms with van der Waals surface area (Å²) in [5, 5.41) is 18.9. The van der Waals surface area contributed by atoms with Crippen molar-refractivity contribution in [2.24, 2.45) is 0 Å². The SMILES string of the molecule is CCc1nnc(S/C(=C\c2ccc(N(C)C)o2)C(=O)[O-])o1. The van der Waals surface area contributed by atoms with E-state index in [0.29, 0.717) is 24.0 Å². The molecule has 0 unspecified atom stereocenters. The van der Waals surface area contributed by atoms with Gasteiger partial charge < -0.3 is 23.6 Å². The summed E-state index contributed by atoms with van der Waals surface area (Å²) in [6.45, 7) is 1.86. The van der Waals surface area contributed by atoms with Gasteiger partial charge in [0.25, 0.3) is 5.22 Å². The number of carboxylic acids is 1. The molecule has 0 radical (unpaired) electrons. The molecule has 0 N–H and O–H groups in total. The van der Waals surface area contributed by atoms with E-state index in [1.165, 1.54) is 6.08 Å². The topological polar surface area (TPSA) is 95.4 Å². The van der Waals surface area contributed by atoms with E-state index in [2.05, 4.69) is 10.2 Å². The van der Waals surface area contributed by atoms with Crippen LogP contribution < -0.4 is 10.0 Å². The Kier molecular flexibility index (Phi) is 4.69. The maximum atomic E-state index is 11.2. The van der Waals surface area contributed by atoms with E-state index in [1.54, 1.807) is 17.0 Å². The van der Waals surface area contributed by atoms with E-state index in [4.69, 9.17) is 8.83 Å². The average molecular weight is 308 g/mol. The van der Waals surface area contributed by atoms with Crippen molar-refractivity contribution in [3.05, 3.63) is 28.7 Å². The Hall–Kier alpha value is -2.22. The number of anilines is 1. The average Bonchev–Trinajstić information content (AvgIpc) is 3.06. The normalized spacial score (nSPS) is 11.7. The molecule has 0 aliphatic heterocycles. The molecule has 2 rings (SSSR count). The van der Waals surface area contributed by atoms with Crippen LogP contribution in [0.2, 0.25) is 0 Å². The van der Waals surface area contributed by atoms with Crippen LogP contribution in [0.3, 0.4) is 0 Å². The number of carboxylic acid groups (broad SMARTS) is 1. The van der Waals surface area contributed by atoms with Crippen molar-refractivity contribution in [2.75, 3.05) is 19.0 Å². The Balaban J connectivity index is 2.21. The molecule has 8 heteroatoms. The first kappa shape index (κ1) is 15.2. The van der Waals surface area contributed by atoms with Gasteiger partial charge in [-0.15, -0.1) is 10.2 Å². The lowest BCUT2D eigenvalue weighted by atomic mass is 10.4. The molecule has 0 aliphatic rings. The molecule has 2 heterocycles. The molecule has 0 atom stereocenters. The van der Waals surface area contributed by atoms with Gasteiger partial charge in [-0.25, -0.2) is 0 Å². The molecule has 21 heavy (non-hydrogen) atoms. The van der Waals surface area contributed by atoms with Crippen molar-refractivity contribution in [3.63, 3.8) is 0 Å². The zero-order valence-corrected chi connectivity index (χ0v) is 12.6. The summed E-state index contributed by atoms with van der Waals surface area (Å²) in [5.41, 5.74) is 0. The number of rotatable bonds is 6. The van der Waals surface area contributed by atoms with Crippen molar-refractivity contribution < 1.29 is 18.7 Å². The van der Waals surface area contributed by atoms with Crippen LogP contribution in [0.1, 0.15) is 18.6 Å². The lowest BCUT2D eigenvalue weighted by Crippen LogP contribution is -2.22. The number of furan rings is 1. The Morgan fingerprint density at radius 3 is 2.67 bits per heavy atom.